The summed E-state index contributed by atoms with van der Waals surface area (Å²) in [5, 5.41) is 11.8. The van der Waals surface area contributed by atoms with E-state index < -0.39 is 11.5 Å². The Bertz CT molecular complexity index is 538. The molecule has 1 aliphatic carbocycles. The summed E-state index contributed by atoms with van der Waals surface area (Å²) < 4.78 is 0. The van der Waals surface area contributed by atoms with Gasteiger partial charge in [0.05, 0.1) is 0 Å². The number of hydrogen-bond acceptors (Lipinski definition) is 3. The fraction of sp³-hybridized carbons (Fsp3) is 0.533. The molecule has 1 aromatic rings. The van der Waals surface area contributed by atoms with Gasteiger partial charge in [0, 0.05) is 30.2 Å². The first kappa shape index (κ1) is 15.0. The van der Waals surface area contributed by atoms with Crippen LogP contribution in [0, 0.1) is 16.0 Å². The molecule has 1 unspecified atom stereocenters. The van der Waals surface area contributed by atoms with E-state index in [1.807, 2.05) is 0 Å². The van der Waals surface area contributed by atoms with Gasteiger partial charge in [-0.3, -0.25) is 14.9 Å². The molecule has 0 aromatic heterocycles. The predicted octanol–water partition coefficient (Wildman–Crippen LogP) is 3.85. The van der Waals surface area contributed by atoms with Crippen LogP contribution in [-0.2, 0) is 4.79 Å². The van der Waals surface area contributed by atoms with Crippen LogP contribution >= 0.6 is 11.6 Å². The van der Waals surface area contributed by atoms with Crippen molar-refractivity contribution >= 4 is 17.4 Å². The lowest BCUT2D eigenvalue weighted by Gasteiger charge is -2.26. The van der Waals surface area contributed by atoms with Crippen LogP contribution in [0.25, 0.3) is 0 Å². The maximum Gasteiger partial charge on any atom is 0.230 e. The molecular formula is C15H18ClNO3. The van der Waals surface area contributed by atoms with E-state index in [1.54, 1.807) is 24.3 Å². The minimum absolute atomic E-state index is 0.0588. The lowest BCUT2D eigenvalue weighted by Crippen LogP contribution is -2.42. The van der Waals surface area contributed by atoms with E-state index in [-0.39, 0.29) is 10.7 Å². The Kier molecular flexibility index (Phi) is 4.14. The third kappa shape index (κ3) is 3.18. The molecule has 1 atom stereocenters. The molecule has 4 nitrogen and oxygen atoms in total. The van der Waals surface area contributed by atoms with Gasteiger partial charge in [0.2, 0.25) is 5.54 Å². The molecule has 5 heteroatoms. The number of carbonyl (C=O) groups is 1. The molecule has 0 bridgehead atoms. The van der Waals surface area contributed by atoms with Crippen molar-refractivity contribution in [2.75, 3.05) is 0 Å². The van der Waals surface area contributed by atoms with Crippen molar-refractivity contribution in [3.05, 3.63) is 45.0 Å². The summed E-state index contributed by atoms with van der Waals surface area (Å²) in [6.07, 6.45) is 2.52. The molecule has 0 spiro atoms. The van der Waals surface area contributed by atoms with Gasteiger partial charge in [-0.25, -0.2) is 0 Å². The van der Waals surface area contributed by atoms with Crippen molar-refractivity contribution < 1.29 is 9.72 Å². The Hall–Kier alpha value is -1.42. The average Bonchev–Trinajstić information content (AvgIpc) is 3.12. The SMILES string of the molecule is CC(C)(C(C(=O)CC1CC1)c1cccc(Cl)c1)[N+](=O)[O-]. The monoisotopic (exact) mass is 295 g/mol. The lowest BCUT2D eigenvalue weighted by molar-refractivity contribution is -0.562. The van der Waals surface area contributed by atoms with Crippen molar-refractivity contribution in [1.82, 2.24) is 0 Å². The average molecular weight is 296 g/mol. The van der Waals surface area contributed by atoms with Gasteiger partial charge < -0.3 is 0 Å². The normalized spacial score (nSPS) is 16.8. The highest BCUT2D eigenvalue weighted by Gasteiger charge is 2.47. The largest absolute Gasteiger partial charge is 0.299 e. The molecule has 1 fully saturated rings. The Morgan fingerprint density at radius 2 is 2.15 bits per heavy atom. The van der Waals surface area contributed by atoms with Crippen LogP contribution in [-0.4, -0.2) is 16.2 Å². The van der Waals surface area contributed by atoms with Crippen molar-refractivity contribution in [1.29, 1.82) is 0 Å². The van der Waals surface area contributed by atoms with Gasteiger partial charge in [0.25, 0.3) is 0 Å². The van der Waals surface area contributed by atoms with E-state index in [2.05, 4.69) is 0 Å². The summed E-state index contributed by atoms with van der Waals surface area (Å²) >= 11 is 5.96. The molecule has 1 aromatic carbocycles. The second kappa shape index (κ2) is 5.52. The molecule has 20 heavy (non-hydrogen) atoms. The van der Waals surface area contributed by atoms with Crippen LogP contribution < -0.4 is 0 Å². The minimum Gasteiger partial charge on any atom is -0.299 e. The molecule has 2 rings (SSSR count). The first-order valence-corrected chi connectivity index (χ1v) is 7.13. The number of ketones is 1. The van der Waals surface area contributed by atoms with Gasteiger partial charge in [0.1, 0.15) is 11.7 Å². The Labute approximate surface area is 123 Å². The highest BCUT2D eigenvalue weighted by molar-refractivity contribution is 6.30. The Morgan fingerprint density at radius 3 is 2.65 bits per heavy atom. The number of Topliss-reactive ketones (excluding diaryl/α,β-unsaturated/α-hetero) is 1. The topological polar surface area (TPSA) is 60.2 Å². The molecule has 0 N–H and O–H groups in total. The summed E-state index contributed by atoms with van der Waals surface area (Å²) in [7, 11) is 0. The van der Waals surface area contributed by atoms with Crippen LogP contribution in [0.5, 0.6) is 0 Å². The zero-order chi connectivity index (χ0) is 14.9. The van der Waals surface area contributed by atoms with E-state index in [9.17, 15) is 14.9 Å². The second-order valence-electron chi connectivity index (χ2n) is 6.01. The molecule has 1 aliphatic rings. The minimum atomic E-state index is -1.34. The first-order valence-electron chi connectivity index (χ1n) is 6.75. The molecule has 108 valence electrons. The fourth-order valence-electron chi connectivity index (χ4n) is 2.50. The van der Waals surface area contributed by atoms with Gasteiger partial charge in [-0.15, -0.1) is 0 Å². The molecule has 0 heterocycles. The second-order valence-corrected chi connectivity index (χ2v) is 6.45. The Balaban J connectivity index is 2.37. The number of nitro groups is 1. The quantitative estimate of drug-likeness (QED) is 0.591. The third-order valence-corrected chi connectivity index (χ3v) is 4.10. The summed E-state index contributed by atoms with van der Waals surface area (Å²) in [5.74, 6) is -0.403. The van der Waals surface area contributed by atoms with Crippen LogP contribution in [0.4, 0.5) is 0 Å². The molecule has 1 saturated carbocycles. The molecule has 0 amide bonds. The molecule has 0 radical (unpaired) electrons. The van der Waals surface area contributed by atoms with Gasteiger partial charge in [-0.05, 0) is 36.5 Å². The van der Waals surface area contributed by atoms with E-state index >= 15 is 0 Å². The van der Waals surface area contributed by atoms with Crippen LogP contribution in [0.2, 0.25) is 5.02 Å². The van der Waals surface area contributed by atoms with E-state index in [0.717, 1.165) is 12.8 Å². The number of halogens is 1. The van der Waals surface area contributed by atoms with E-state index in [0.29, 0.717) is 22.9 Å². The smallest absolute Gasteiger partial charge is 0.230 e. The first-order chi connectivity index (χ1) is 9.32. The number of carbonyl (C=O) groups excluding carboxylic acids is 1. The standard InChI is InChI=1S/C15H18ClNO3/c1-15(2,17(19)20)14(13(18)8-10-6-7-10)11-4-3-5-12(16)9-11/h3-5,9-10,14H,6-8H2,1-2H3. The summed E-state index contributed by atoms with van der Waals surface area (Å²) in [6, 6.07) is 6.83. The number of benzene rings is 1. The number of hydrogen-bond donors (Lipinski definition) is 0. The van der Waals surface area contributed by atoms with Crippen molar-refractivity contribution in [3.8, 4) is 0 Å². The van der Waals surface area contributed by atoms with Crippen LogP contribution in [0.1, 0.15) is 44.6 Å². The van der Waals surface area contributed by atoms with Gasteiger partial charge in [0.15, 0.2) is 0 Å². The summed E-state index contributed by atoms with van der Waals surface area (Å²) in [6.45, 7) is 3.01. The Morgan fingerprint density at radius 1 is 1.50 bits per heavy atom. The predicted molar refractivity (Wildman–Crippen MR) is 77.6 cm³/mol. The van der Waals surface area contributed by atoms with Crippen LogP contribution in [0.3, 0.4) is 0 Å². The zero-order valence-corrected chi connectivity index (χ0v) is 12.4. The van der Waals surface area contributed by atoms with E-state index in [1.165, 1.54) is 13.8 Å². The van der Waals surface area contributed by atoms with Crippen LogP contribution in [0.15, 0.2) is 24.3 Å². The number of nitrogens with zero attached hydrogens (tertiary/aromatic N) is 1. The fourth-order valence-corrected chi connectivity index (χ4v) is 2.70. The lowest BCUT2D eigenvalue weighted by atomic mass is 9.78. The molecule has 0 saturated heterocycles. The van der Waals surface area contributed by atoms with Crippen molar-refractivity contribution in [2.24, 2.45) is 5.92 Å². The highest BCUT2D eigenvalue weighted by Crippen LogP contribution is 2.39. The van der Waals surface area contributed by atoms with Gasteiger partial charge in [-0.2, -0.15) is 0 Å². The van der Waals surface area contributed by atoms with E-state index in [4.69, 9.17) is 11.6 Å². The maximum absolute atomic E-state index is 12.5. The summed E-state index contributed by atoms with van der Waals surface area (Å²) in [4.78, 5) is 23.5. The molecular weight excluding hydrogens is 278 g/mol. The third-order valence-electron chi connectivity index (χ3n) is 3.87. The molecule has 0 aliphatic heterocycles. The maximum atomic E-state index is 12.5. The van der Waals surface area contributed by atoms with Gasteiger partial charge >= 0.3 is 0 Å². The van der Waals surface area contributed by atoms with Crippen molar-refractivity contribution in [3.63, 3.8) is 0 Å². The van der Waals surface area contributed by atoms with Gasteiger partial charge in [-0.1, -0.05) is 23.7 Å². The summed E-state index contributed by atoms with van der Waals surface area (Å²) in [5.41, 5.74) is -0.707. The number of rotatable bonds is 6. The highest BCUT2D eigenvalue weighted by atomic mass is 35.5. The van der Waals surface area contributed by atoms with Crippen molar-refractivity contribution in [2.45, 2.75) is 44.6 Å². The zero-order valence-electron chi connectivity index (χ0n) is 11.6.